The average Bonchev–Trinajstić information content (AvgIpc) is 3.04. The fourth-order valence-electron chi connectivity index (χ4n) is 2.59. The second kappa shape index (κ2) is 7.65. The third kappa shape index (κ3) is 4.47. The predicted molar refractivity (Wildman–Crippen MR) is 81.5 cm³/mol. The molecular formula is C16H19F3N2O3. The zero-order valence-electron chi connectivity index (χ0n) is 13.2. The number of ether oxygens (including phenoxy) is 1. The molecule has 0 radical (unpaired) electrons. The van der Waals surface area contributed by atoms with Crippen LogP contribution in [0.5, 0.6) is 0 Å². The SMILES string of the molecule is CC(=O)N(CCNC(=O)C1CCCO1)c1ccccc1C(F)(F)F. The van der Waals surface area contributed by atoms with Gasteiger partial charge in [-0.05, 0) is 25.0 Å². The lowest BCUT2D eigenvalue weighted by molar-refractivity contribution is -0.137. The van der Waals surface area contributed by atoms with Crippen LogP contribution in [-0.4, -0.2) is 37.6 Å². The van der Waals surface area contributed by atoms with E-state index in [2.05, 4.69) is 5.32 Å². The van der Waals surface area contributed by atoms with Gasteiger partial charge in [0.15, 0.2) is 0 Å². The van der Waals surface area contributed by atoms with E-state index in [0.29, 0.717) is 13.0 Å². The van der Waals surface area contributed by atoms with Crippen LogP contribution in [0, 0.1) is 0 Å². The van der Waals surface area contributed by atoms with Gasteiger partial charge in [0.25, 0.3) is 0 Å². The number of alkyl halides is 3. The molecular weight excluding hydrogens is 325 g/mol. The van der Waals surface area contributed by atoms with E-state index >= 15 is 0 Å². The summed E-state index contributed by atoms with van der Waals surface area (Å²) in [6, 6.07) is 4.87. The largest absolute Gasteiger partial charge is 0.418 e. The Balaban J connectivity index is 2.05. The minimum atomic E-state index is -4.56. The Labute approximate surface area is 137 Å². The Morgan fingerprint density at radius 2 is 2.04 bits per heavy atom. The van der Waals surface area contributed by atoms with E-state index in [-0.39, 0.29) is 24.7 Å². The minimum Gasteiger partial charge on any atom is -0.368 e. The van der Waals surface area contributed by atoms with Gasteiger partial charge < -0.3 is 15.0 Å². The Hall–Kier alpha value is -2.09. The molecule has 0 aliphatic carbocycles. The van der Waals surface area contributed by atoms with Crippen LogP contribution < -0.4 is 10.2 Å². The molecule has 1 saturated heterocycles. The third-order valence-corrected chi connectivity index (χ3v) is 3.74. The van der Waals surface area contributed by atoms with Crippen molar-refractivity contribution in [3.05, 3.63) is 29.8 Å². The summed E-state index contributed by atoms with van der Waals surface area (Å²) in [7, 11) is 0. The first kappa shape index (κ1) is 18.3. The first-order valence-electron chi connectivity index (χ1n) is 7.64. The molecule has 1 aliphatic rings. The van der Waals surface area contributed by atoms with E-state index in [0.717, 1.165) is 17.4 Å². The summed E-state index contributed by atoms with van der Waals surface area (Å²) in [5.41, 5.74) is -1.10. The van der Waals surface area contributed by atoms with Gasteiger partial charge >= 0.3 is 6.18 Å². The van der Waals surface area contributed by atoms with E-state index in [1.807, 2.05) is 0 Å². The highest BCUT2D eigenvalue weighted by molar-refractivity contribution is 5.92. The maximum atomic E-state index is 13.1. The van der Waals surface area contributed by atoms with E-state index < -0.39 is 23.8 Å². The van der Waals surface area contributed by atoms with Gasteiger partial charge in [0.2, 0.25) is 11.8 Å². The van der Waals surface area contributed by atoms with Gasteiger partial charge in [-0.1, -0.05) is 12.1 Å². The Morgan fingerprint density at radius 1 is 1.33 bits per heavy atom. The lowest BCUT2D eigenvalue weighted by Gasteiger charge is -2.25. The number of halogens is 3. The summed E-state index contributed by atoms with van der Waals surface area (Å²) in [4.78, 5) is 24.6. The average molecular weight is 344 g/mol. The summed E-state index contributed by atoms with van der Waals surface area (Å²) in [6.07, 6.45) is -3.65. The molecule has 1 aromatic carbocycles. The number of rotatable bonds is 5. The van der Waals surface area contributed by atoms with Gasteiger partial charge in [-0.15, -0.1) is 0 Å². The van der Waals surface area contributed by atoms with Crippen molar-refractivity contribution >= 4 is 17.5 Å². The van der Waals surface area contributed by atoms with Crippen LogP contribution >= 0.6 is 0 Å². The number of amides is 2. The molecule has 5 nitrogen and oxygen atoms in total. The van der Waals surface area contributed by atoms with Crippen LogP contribution in [0.25, 0.3) is 0 Å². The number of carbonyl (C=O) groups excluding carboxylic acids is 2. The molecule has 132 valence electrons. The lowest BCUT2D eigenvalue weighted by atomic mass is 10.1. The number of benzene rings is 1. The number of anilines is 1. The summed E-state index contributed by atoms with van der Waals surface area (Å²) in [6.45, 7) is 1.71. The van der Waals surface area contributed by atoms with Gasteiger partial charge in [-0.25, -0.2) is 0 Å². The molecule has 1 atom stereocenters. The molecule has 2 amide bonds. The highest BCUT2D eigenvalue weighted by Gasteiger charge is 2.35. The monoisotopic (exact) mass is 344 g/mol. The van der Waals surface area contributed by atoms with E-state index in [9.17, 15) is 22.8 Å². The highest BCUT2D eigenvalue weighted by atomic mass is 19.4. The molecule has 8 heteroatoms. The van der Waals surface area contributed by atoms with E-state index in [4.69, 9.17) is 4.74 Å². The zero-order valence-corrected chi connectivity index (χ0v) is 13.2. The lowest BCUT2D eigenvalue weighted by Crippen LogP contribution is -2.41. The van der Waals surface area contributed by atoms with Crippen molar-refractivity contribution < 1.29 is 27.5 Å². The molecule has 1 aromatic rings. The second-order valence-corrected chi connectivity index (χ2v) is 5.48. The van der Waals surface area contributed by atoms with Gasteiger partial charge in [-0.3, -0.25) is 9.59 Å². The standard InChI is InChI=1S/C16H19F3N2O3/c1-11(22)21(9-8-20-15(23)14-7-4-10-24-14)13-6-3-2-5-12(13)16(17,18)19/h2-3,5-6,14H,4,7-10H2,1H3,(H,20,23). The van der Waals surface area contributed by atoms with Gasteiger partial charge in [0.05, 0.1) is 11.3 Å². The predicted octanol–water partition coefficient (Wildman–Crippen LogP) is 2.35. The molecule has 1 heterocycles. The molecule has 1 unspecified atom stereocenters. The summed E-state index contributed by atoms with van der Waals surface area (Å²) < 4.78 is 44.5. The van der Waals surface area contributed by atoms with Crippen LogP contribution in [0.15, 0.2) is 24.3 Å². The molecule has 0 saturated carbocycles. The molecule has 1 aliphatic heterocycles. The first-order chi connectivity index (χ1) is 11.3. The molecule has 0 bridgehead atoms. The quantitative estimate of drug-likeness (QED) is 0.892. The van der Waals surface area contributed by atoms with Gasteiger partial charge in [0.1, 0.15) is 6.10 Å². The maximum Gasteiger partial charge on any atom is 0.418 e. The first-order valence-corrected chi connectivity index (χ1v) is 7.64. The van der Waals surface area contributed by atoms with Crippen molar-refractivity contribution in [3.63, 3.8) is 0 Å². The van der Waals surface area contributed by atoms with Crippen molar-refractivity contribution in [2.45, 2.75) is 32.0 Å². The molecule has 1 fully saturated rings. The summed E-state index contributed by atoms with van der Waals surface area (Å²) >= 11 is 0. The number of carbonyl (C=O) groups is 2. The van der Waals surface area contributed by atoms with Crippen molar-refractivity contribution in [1.29, 1.82) is 0 Å². The molecule has 2 rings (SSSR count). The topological polar surface area (TPSA) is 58.6 Å². The molecule has 24 heavy (non-hydrogen) atoms. The van der Waals surface area contributed by atoms with Crippen molar-refractivity contribution in [1.82, 2.24) is 5.32 Å². The van der Waals surface area contributed by atoms with Crippen LogP contribution in [0.4, 0.5) is 18.9 Å². The maximum absolute atomic E-state index is 13.1. The molecule has 0 aromatic heterocycles. The number of nitrogens with zero attached hydrogens (tertiary/aromatic N) is 1. The van der Waals surface area contributed by atoms with Gasteiger partial charge in [0, 0.05) is 26.6 Å². The van der Waals surface area contributed by atoms with Crippen molar-refractivity contribution in [2.75, 3.05) is 24.6 Å². The third-order valence-electron chi connectivity index (χ3n) is 3.74. The number of hydrogen-bond donors (Lipinski definition) is 1. The van der Waals surface area contributed by atoms with Crippen LogP contribution in [0.3, 0.4) is 0 Å². The van der Waals surface area contributed by atoms with Crippen LogP contribution in [-0.2, 0) is 20.5 Å². The van der Waals surface area contributed by atoms with E-state index in [1.165, 1.54) is 25.1 Å². The fourth-order valence-corrected chi connectivity index (χ4v) is 2.59. The minimum absolute atomic E-state index is 0.0461. The molecule has 0 spiro atoms. The highest BCUT2D eigenvalue weighted by Crippen LogP contribution is 2.36. The van der Waals surface area contributed by atoms with E-state index in [1.54, 1.807) is 0 Å². The van der Waals surface area contributed by atoms with Crippen LogP contribution in [0.2, 0.25) is 0 Å². The fraction of sp³-hybridized carbons (Fsp3) is 0.500. The summed E-state index contributed by atoms with van der Waals surface area (Å²) in [5.74, 6) is -0.835. The van der Waals surface area contributed by atoms with Crippen molar-refractivity contribution in [2.24, 2.45) is 0 Å². The number of para-hydroxylation sites is 1. The Bertz CT molecular complexity index is 598. The zero-order chi connectivity index (χ0) is 17.7. The van der Waals surface area contributed by atoms with Crippen LogP contribution in [0.1, 0.15) is 25.3 Å². The smallest absolute Gasteiger partial charge is 0.368 e. The second-order valence-electron chi connectivity index (χ2n) is 5.48. The number of nitrogens with one attached hydrogen (secondary N) is 1. The van der Waals surface area contributed by atoms with Gasteiger partial charge in [-0.2, -0.15) is 13.2 Å². The number of hydrogen-bond acceptors (Lipinski definition) is 3. The molecule has 1 N–H and O–H groups in total. The Kier molecular flexibility index (Phi) is 5.82. The normalized spacial score (nSPS) is 17.6. The summed E-state index contributed by atoms with van der Waals surface area (Å²) in [5, 5.41) is 2.60. The Morgan fingerprint density at radius 3 is 2.62 bits per heavy atom. The van der Waals surface area contributed by atoms with Crippen molar-refractivity contribution in [3.8, 4) is 0 Å².